The number of pyridine rings is 1. The highest BCUT2D eigenvalue weighted by atomic mass is 16.4. The summed E-state index contributed by atoms with van der Waals surface area (Å²) in [5.74, 6) is 0.491. The maximum atomic E-state index is 10.7. The highest BCUT2D eigenvalue weighted by Crippen LogP contribution is 2.17. The first-order chi connectivity index (χ1) is 11.7. The molecule has 24 heavy (non-hydrogen) atoms. The molecule has 0 atom stereocenters. The topological polar surface area (TPSA) is 91.2 Å². The highest BCUT2D eigenvalue weighted by molar-refractivity contribution is 5.84. The van der Waals surface area contributed by atoms with Crippen molar-refractivity contribution in [3.63, 3.8) is 0 Å². The van der Waals surface area contributed by atoms with E-state index in [9.17, 15) is 4.79 Å². The van der Waals surface area contributed by atoms with Gasteiger partial charge in [0.15, 0.2) is 5.69 Å². The van der Waals surface area contributed by atoms with E-state index in [1.54, 1.807) is 0 Å². The number of rotatable bonds is 5. The van der Waals surface area contributed by atoms with Gasteiger partial charge < -0.3 is 15.3 Å². The van der Waals surface area contributed by atoms with E-state index >= 15 is 0 Å². The van der Waals surface area contributed by atoms with Crippen LogP contribution in [0.15, 0.2) is 30.7 Å². The van der Waals surface area contributed by atoms with Crippen LogP contribution in [-0.2, 0) is 6.54 Å². The molecule has 1 aliphatic rings. The van der Waals surface area contributed by atoms with E-state index in [1.165, 1.54) is 38.1 Å². The first-order valence-electron chi connectivity index (χ1n) is 8.21. The lowest BCUT2D eigenvalue weighted by molar-refractivity contribution is 0.0690. The Morgan fingerprint density at radius 1 is 1.04 bits per heavy atom. The van der Waals surface area contributed by atoms with E-state index in [4.69, 9.17) is 5.11 Å². The van der Waals surface area contributed by atoms with Gasteiger partial charge in [0.05, 0.1) is 12.4 Å². The fourth-order valence-corrected chi connectivity index (χ4v) is 2.73. The first kappa shape index (κ1) is 16.2. The van der Waals surface area contributed by atoms with E-state index in [0.717, 1.165) is 24.5 Å². The van der Waals surface area contributed by atoms with E-state index in [0.29, 0.717) is 12.4 Å². The SMILES string of the molecule is O=C(O)c1cnc(NCc2ccc(N3CCCCCC3)nc2)cn1. The summed E-state index contributed by atoms with van der Waals surface area (Å²) in [5.41, 5.74) is 0.974. The average molecular weight is 327 g/mol. The Morgan fingerprint density at radius 2 is 1.83 bits per heavy atom. The molecule has 0 amide bonds. The zero-order valence-electron chi connectivity index (χ0n) is 13.5. The molecule has 0 radical (unpaired) electrons. The minimum absolute atomic E-state index is 0.0657. The molecule has 7 heteroatoms. The molecule has 0 bridgehead atoms. The van der Waals surface area contributed by atoms with Crippen molar-refractivity contribution in [2.24, 2.45) is 0 Å². The second kappa shape index (κ2) is 7.72. The molecule has 2 aromatic rings. The monoisotopic (exact) mass is 327 g/mol. The van der Waals surface area contributed by atoms with E-state index in [1.807, 2.05) is 6.20 Å². The van der Waals surface area contributed by atoms with Gasteiger partial charge in [-0.05, 0) is 24.5 Å². The van der Waals surface area contributed by atoms with Gasteiger partial charge in [-0.2, -0.15) is 0 Å². The van der Waals surface area contributed by atoms with Gasteiger partial charge in [0.1, 0.15) is 11.6 Å². The molecule has 2 N–H and O–H groups in total. The zero-order chi connectivity index (χ0) is 16.8. The molecule has 1 aliphatic heterocycles. The number of nitrogens with zero attached hydrogens (tertiary/aromatic N) is 4. The maximum absolute atomic E-state index is 10.7. The number of hydrogen-bond acceptors (Lipinski definition) is 6. The fourth-order valence-electron chi connectivity index (χ4n) is 2.73. The molecule has 0 aromatic carbocycles. The summed E-state index contributed by atoms with van der Waals surface area (Å²) in [4.78, 5) is 25.5. The van der Waals surface area contributed by atoms with Crippen LogP contribution < -0.4 is 10.2 Å². The molecule has 7 nitrogen and oxygen atoms in total. The van der Waals surface area contributed by atoms with Crippen LogP contribution in [-0.4, -0.2) is 39.1 Å². The molecule has 3 rings (SSSR count). The van der Waals surface area contributed by atoms with Gasteiger partial charge in [-0.25, -0.2) is 19.7 Å². The smallest absolute Gasteiger partial charge is 0.356 e. The summed E-state index contributed by atoms with van der Waals surface area (Å²) in [5, 5.41) is 11.9. The van der Waals surface area contributed by atoms with Gasteiger partial charge in [0.25, 0.3) is 0 Å². The van der Waals surface area contributed by atoms with Crippen LogP contribution in [0.5, 0.6) is 0 Å². The number of hydrogen-bond donors (Lipinski definition) is 2. The van der Waals surface area contributed by atoms with Crippen molar-refractivity contribution in [2.45, 2.75) is 32.2 Å². The minimum Gasteiger partial charge on any atom is -0.476 e. The van der Waals surface area contributed by atoms with Crippen molar-refractivity contribution in [1.29, 1.82) is 0 Å². The van der Waals surface area contributed by atoms with Crippen LogP contribution >= 0.6 is 0 Å². The summed E-state index contributed by atoms with van der Waals surface area (Å²) in [7, 11) is 0. The Balaban J connectivity index is 1.56. The standard InChI is InChI=1S/C17H21N5O2/c23-17(24)14-11-20-15(12-18-14)19-9-13-5-6-16(21-10-13)22-7-3-1-2-4-8-22/h5-6,10-12H,1-4,7-9H2,(H,19,20)(H,23,24). The van der Waals surface area contributed by atoms with Crippen molar-refractivity contribution >= 4 is 17.6 Å². The second-order valence-corrected chi connectivity index (χ2v) is 5.87. The quantitative estimate of drug-likeness (QED) is 0.872. The summed E-state index contributed by atoms with van der Waals surface area (Å²) in [6.45, 7) is 2.72. The van der Waals surface area contributed by atoms with Crippen molar-refractivity contribution in [3.05, 3.63) is 42.0 Å². The number of aromatic carboxylic acids is 1. The fraction of sp³-hybridized carbons (Fsp3) is 0.412. The number of carboxylic acid groups (broad SMARTS) is 1. The predicted octanol–water partition coefficient (Wildman–Crippen LogP) is 2.56. The number of carbonyl (C=O) groups is 1. The van der Waals surface area contributed by atoms with Gasteiger partial charge in [-0.3, -0.25) is 0 Å². The third-order valence-corrected chi connectivity index (χ3v) is 4.08. The Labute approximate surface area is 140 Å². The van der Waals surface area contributed by atoms with Crippen molar-refractivity contribution < 1.29 is 9.90 Å². The number of carboxylic acids is 1. The molecule has 1 saturated heterocycles. The first-order valence-corrected chi connectivity index (χ1v) is 8.21. The highest BCUT2D eigenvalue weighted by Gasteiger charge is 2.10. The second-order valence-electron chi connectivity index (χ2n) is 5.87. The molecule has 126 valence electrons. The Kier molecular flexibility index (Phi) is 5.20. The third-order valence-electron chi connectivity index (χ3n) is 4.08. The van der Waals surface area contributed by atoms with Gasteiger partial charge in [0.2, 0.25) is 0 Å². The molecular formula is C17H21N5O2. The predicted molar refractivity (Wildman–Crippen MR) is 91.2 cm³/mol. The number of nitrogens with one attached hydrogen (secondary N) is 1. The summed E-state index contributed by atoms with van der Waals surface area (Å²) < 4.78 is 0. The van der Waals surface area contributed by atoms with Gasteiger partial charge in [-0.15, -0.1) is 0 Å². The summed E-state index contributed by atoms with van der Waals surface area (Å²) in [6, 6.07) is 4.11. The molecule has 0 aliphatic carbocycles. The lowest BCUT2D eigenvalue weighted by atomic mass is 10.2. The molecule has 0 spiro atoms. The minimum atomic E-state index is -1.08. The lowest BCUT2D eigenvalue weighted by Crippen LogP contribution is -2.24. The Hall–Kier alpha value is -2.70. The lowest BCUT2D eigenvalue weighted by Gasteiger charge is -2.21. The average Bonchev–Trinajstić information content (AvgIpc) is 2.90. The van der Waals surface area contributed by atoms with Crippen LogP contribution in [0.25, 0.3) is 0 Å². The molecule has 1 fully saturated rings. The number of aromatic nitrogens is 3. The van der Waals surface area contributed by atoms with Crippen molar-refractivity contribution in [1.82, 2.24) is 15.0 Å². The van der Waals surface area contributed by atoms with E-state index in [-0.39, 0.29) is 5.69 Å². The maximum Gasteiger partial charge on any atom is 0.356 e. The Bertz CT molecular complexity index is 664. The van der Waals surface area contributed by atoms with E-state index < -0.39 is 5.97 Å². The zero-order valence-corrected chi connectivity index (χ0v) is 13.5. The largest absolute Gasteiger partial charge is 0.476 e. The number of anilines is 2. The summed E-state index contributed by atoms with van der Waals surface area (Å²) >= 11 is 0. The third kappa shape index (κ3) is 4.18. The van der Waals surface area contributed by atoms with Gasteiger partial charge >= 0.3 is 5.97 Å². The molecule has 2 aromatic heterocycles. The molecule has 3 heterocycles. The van der Waals surface area contributed by atoms with Crippen LogP contribution in [0.2, 0.25) is 0 Å². The van der Waals surface area contributed by atoms with Gasteiger partial charge in [-0.1, -0.05) is 18.9 Å². The van der Waals surface area contributed by atoms with Crippen molar-refractivity contribution in [2.75, 3.05) is 23.3 Å². The van der Waals surface area contributed by atoms with Crippen LogP contribution in [0.1, 0.15) is 41.7 Å². The van der Waals surface area contributed by atoms with Crippen LogP contribution in [0.3, 0.4) is 0 Å². The van der Waals surface area contributed by atoms with Crippen LogP contribution in [0, 0.1) is 0 Å². The van der Waals surface area contributed by atoms with Crippen molar-refractivity contribution in [3.8, 4) is 0 Å². The molecule has 0 saturated carbocycles. The van der Waals surface area contributed by atoms with E-state index in [2.05, 4.69) is 37.3 Å². The normalized spacial score (nSPS) is 14.9. The summed E-state index contributed by atoms with van der Waals surface area (Å²) in [6.07, 6.45) is 9.60. The van der Waals surface area contributed by atoms with Gasteiger partial charge in [0, 0.05) is 25.8 Å². The van der Waals surface area contributed by atoms with Crippen LogP contribution in [0.4, 0.5) is 11.6 Å². The Morgan fingerprint density at radius 3 is 2.42 bits per heavy atom. The molecular weight excluding hydrogens is 306 g/mol. The molecule has 0 unspecified atom stereocenters.